The molecule has 1 aromatic heterocycles. The highest BCUT2D eigenvalue weighted by atomic mass is 19.4. The second-order valence-corrected chi connectivity index (χ2v) is 10.5. The number of benzene rings is 1. The Morgan fingerprint density at radius 2 is 1.89 bits per heavy atom. The number of hydrogen-bond acceptors (Lipinski definition) is 5. The van der Waals surface area contributed by atoms with Crippen LogP contribution >= 0.6 is 0 Å². The molecule has 3 heterocycles. The lowest BCUT2D eigenvalue weighted by atomic mass is 9.97. The number of pyridine rings is 1. The minimum atomic E-state index is -4.48. The predicted octanol–water partition coefficient (Wildman–Crippen LogP) is 4.91. The molecular weight excluding hydrogens is 497 g/mol. The first kappa shape index (κ1) is 28.2. The van der Waals surface area contributed by atoms with E-state index in [-0.39, 0.29) is 23.2 Å². The maximum Gasteiger partial charge on any atom is 0.416 e. The van der Waals surface area contributed by atoms with Crippen molar-refractivity contribution in [3.8, 4) is 0 Å². The molecule has 1 unspecified atom stereocenters. The summed E-state index contributed by atoms with van der Waals surface area (Å²) < 4.78 is 47.4. The van der Waals surface area contributed by atoms with Gasteiger partial charge in [-0.2, -0.15) is 13.2 Å². The maximum atomic E-state index is 13.6. The first-order valence-corrected chi connectivity index (χ1v) is 13.3. The van der Waals surface area contributed by atoms with Gasteiger partial charge in [-0.25, -0.2) is 0 Å². The number of anilines is 1. The van der Waals surface area contributed by atoms with Crippen LogP contribution in [0.25, 0.3) is 0 Å². The quantitative estimate of drug-likeness (QED) is 0.551. The SMILES string of the molecule is Cc1c(C(C)NC(=O)c2cn(C3CCOCC3)c(=O)cc2N[C@H]2CCCCN(C)C2)cccc1C(F)(F)F. The Hall–Kier alpha value is -2.85. The van der Waals surface area contributed by atoms with E-state index in [1.54, 1.807) is 23.8 Å². The number of hydrogen-bond donors (Lipinski definition) is 2. The second-order valence-electron chi connectivity index (χ2n) is 10.5. The van der Waals surface area contributed by atoms with Crippen molar-refractivity contribution in [2.24, 2.45) is 0 Å². The van der Waals surface area contributed by atoms with E-state index in [1.807, 2.05) is 0 Å². The molecule has 2 aliphatic heterocycles. The summed E-state index contributed by atoms with van der Waals surface area (Å²) in [6, 6.07) is 4.79. The number of likely N-dealkylation sites (N-methyl/N-ethyl adjacent to an activating group) is 1. The fourth-order valence-corrected chi connectivity index (χ4v) is 5.55. The van der Waals surface area contributed by atoms with E-state index < -0.39 is 23.7 Å². The molecule has 1 amide bonds. The molecule has 2 aromatic rings. The lowest BCUT2D eigenvalue weighted by molar-refractivity contribution is -0.138. The molecule has 2 aliphatic rings. The summed E-state index contributed by atoms with van der Waals surface area (Å²) in [5.74, 6) is -0.445. The van der Waals surface area contributed by atoms with E-state index in [4.69, 9.17) is 4.74 Å². The lowest BCUT2D eigenvalue weighted by Gasteiger charge is -2.27. The van der Waals surface area contributed by atoms with Gasteiger partial charge in [0.05, 0.1) is 22.9 Å². The van der Waals surface area contributed by atoms with E-state index in [0.717, 1.165) is 38.4 Å². The Kier molecular flexibility index (Phi) is 8.82. The zero-order valence-corrected chi connectivity index (χ0v) is 22.2. The number of nitrogens with one attached hydrogen (secondary N) is 2. The highest BCUT2D eigenvalue weighted by Crippen LogP contribution is 2.34. The average Bonchev–Trinajstić information content (AvgIpc) is 3.07. The van der Waals surface area contributed by atoms with Gasteiger partial charge in [-0.05, 0) is 70.3 Å². The highest BCUT2D eigenvalue weighted by molar-refractivity contribution is 5.99. The zero-order chi connectivity index (χ0) is 27.4. The number of amides is 1. The number of alkyl halides is 3. The van der Waals surface area contributed by atoms with Gasteiger partial charge in [0, 0.05) is 44.1 Å². The van der Waals surface area contributed by atoms with Gasteiger partial charge in [0.15, 0.2) is 0 Å². The fourth-order valence-electron chi connectivity index (χ4n) is 5.55. The highest BCUT2D eigenvalue weighted by Gasteiger charge is 2.33. The van der Waals surface area contributed by atoms with Crippen LogP contribution in [0.2, 0.25) is 0 Å². The number of aromatic nitrogens is 1. The van der Waals surface area contributed by atoms with Gasteiger partial charge < -0.3 is 24.8 Å². The summed E-state index contributed by atoms with van der Waals surface area (Å²) >= 11 is 0. The van der Waals surface area contributed by atoms with Crippen LogP contribution in [0, 0.1) is 6.92 Å². The normalized spacial score (nSPS) is 20.5. The number of nitrogens with zero attached hydrogens (tertiary/aromatic N) is 2. The first-order chi connectivity index (χ1) is 18.0. The van der Waals surface area contributed by atoms with Crippen LogP contribution < -0.4 is 16.2 Å². The summed E-state index contributed by atoms with van der Waals surface area (Å²) in [5.41, 5.74) is 0.317. The number of likely N-dealkylation sites (tertiary alicyclic amines) is 1. The minimum Gasteiger partial charge on any atom is -0.381 e. The van der Waals surface area contributed by atoms with Crippen molar-refractivity contribution < 1.29 is 22.7 Å². The van der Waals surface area contributed by atoms with E-state index in [2.05, 4.69) is 22.6 Å². The molecule has 2 fully saturated rings. The van der Waals surface area contributed by atoms with Crippen molar-refractivity contribution in [3.63, 3.8) is 0 Å². The summed E-state index contributed by atoms with van der Waals surface area (Å²) in [6.07, 6.45) is 1.49. The van der Waals surface area contributed by atoms with Crippen molar-refractivity contribution in [2.45, 2.75) is 70.3 Å². The van der Waals surface area contributed by atoms with Crippen molar-refractivity contribution in [1.29, 1.82) is 0 Å². The third-order valence-corrected chi connectivity index (χ3v) is 7.64. The molecule has 2 atom stereocenters. The van der Waals surface area contributed by atoms with Crippen LogP contribution in [0.5, 0.6) is 0 Å². The maximum absolute atomic E-state index is 13.6. The van der Waals surface area contributed by atoms with Gasteiger partial charge in [0.25, 0.3) is 11.5 Å². The molecular formula is C28H37F3N4O3. The third kappa shape index (κ3) is 6.58. The van der Waals surface area contributed by atoms with Crippen molar-refractivity contribution >= 4 is 11.6 Å². The molecule has 38 heavy (non-hydrogen) atoms. The second kappa shape index (κ2) is 11.9. The molecule has 0 aliphatic carbocycles. The molecule has 4 rings (SSSR count). The molecule has 0 bridgehead atoms. The molecule has 7 nitrogen and oxygen atoms in total. The van der Waals surface area contributed by atoms with Crippen LogP contribution in [-0.2, 0) is 10.9 Å². The van der Waals surface area contributed by atoms with E-state index >= 15 is 0 Å². The van der Waals surface area contributed by atoms with Crippen molar-refractivity contribution in [3.05, 3.63) is 63.1 Å². The molecule has 2 N–H and O–H groups in total. The van der Waals surface area contributed by atoms with Gasteiger partial charge in [-0.15, -0.1) is 0 Å². The number of rotatable bonds is 6. The molecule has 1 aromatic carbocycles. The van der Waals surface area contributed by atoms with Gasteiger partial charge in [-0.1, -0.05) is 18.6 Å². The van der Waals surface area contributed by atoms with Crippen molar-refractivity contribution in [2.75, 3.05) is 38.7 Å². The summed E-state index contributed by atoms with van der Waals surface area (Å²) in [4.78, 5) is 29.0. The standard InChI is InChI=1S/C28H37F3N4O3/c1-18-22(8-6-9-24(18)28(29,30)31)19(2)32-27(37)23-17-35(21-10-13-38-14-11-21)26(36)15-25(23)33-20-7-4-5-12-34(3)16-20/h6,8-9,15,17,19-21,33H,4-5,7,10-14,16H2,1-3H3,(H,32,37)/t19?,20-/m0/s1. The molecule has 0 radical (unpaired) electrons. The van der Waals surface area contributed by atoms with Crippen LogP contribution in [0.3, 0.4) is 0 Å². The van der Waals surface area contributed by atoms with Gasteiger partial charge in [0.2, 0.25) is 0 Å². The van der Waals surface area contributed by atoms with Crippen LogP contribution in [0.1, 0.15) is 78.2 Å². The number of halogens is 3. The minimum absolute atomic E-state index is 0.0653. The zero-order valence-electron chi connectivity index (χ0n) is 22.2. The molecule has 0 saturated carbocycles. The number of carbonyl (C=O) groups excluding carboxylic acids is 1. The smallest absolute Gasteiger partial charge is 0.381 e. The lowest BCUT2D eigenvalue weighted by Crippen LogP contribution is -2.36. The third-order valence-electron chi connectivity index (χ3n) is 7.64. The Bertz CT molecular complexity index is 1190. The Morgan fingerprint density at radius 3 is 2.61 bits per heavy atom. The van der Waals surface area contributed by atoms with E-state index in [1.165, 1.54) is 19.1 Å². The summed E-state index contributed by atoms with van der Waals surface area (Å²) in [6.45, 7) is 5.94. The number of carbonyl (C=O) groups is 1. The monoisotopic (exact) mass is 534 g/mol. The fraction of sp³-hybridized carbons (Fsp3) is 0.571. The van der Waals surface area contributed by atoms with Gasteiger partial charge >= 0.3 is 6.18 Å². The summed E-state index contributed by atoms with van der Waals surface area (Å²) in [7, 11) is 2.05. The van der Waals surface area contributed by atoms with Gasteiger partial charge in [0.1, 0.15) is 0 Å². The van der Waals surface area contributed by atoms with Crippen LogP contribution in [0.15, 0.2) is 35.3 Å². The van der Waals surface area contributed by atoms with E-state index in [0.29, 0.717) is 42.9 Å². The topological polar surface area (TPSA) is 75.6 Å². The van der Waals surface area contributed by atoms with Crippen LogP contribution in [0.4, 0.5) is 18.9 Å². The van der Waals surface area contributed by atoms with Crippen LogP contribution in [-0.4, -0.2) is 54.8 Å². The Labute approximate surface area is 221 Å². The molecule has 208 valence electrons. The largest absolute Gasteiger partial charge is 0.416 e. The Balaban J connectivity index is 1.65. The predicted molar refractivity (Wildman–Crippen MR) is 141 cm³/mol. The number of ether oxygens (including phenoxy) is 1. The summed E-state index contributed by atoms with van der Waals surface area (Å²) in [5, 5.41) is 6.32. The Morgan fingerprint density at radius 1 is 1.16 bits per heavy atom. The van der Waals surface area contributed by atoms with Crippen molar-refractivity contribution in [1.82, 2.24) is 14.8 Å². The van der Waals surface area contributed by atoms with Gasteiger partial charge in [-0.3, -0.25) is 9.59 Å². The molecule has 10 heteroatoms. The van der Waals surface area contributed by atoms with E-state index in [9.17, 15) is 22.8 Å². The molecule has 0 spiro atoms. The first-order valence-electron chi connectivity index (χ1n) is 13.3. The average molecular weight is 535 g/mol. The molecule has 2 saturated heterocycles.